The number of hydrogen-bond donors (Lipinski definition) is 2. The summed E-state index contributed by atoms with van der Waals surface area (Å²) in [5.41, 5.74) is 0. The number of nitrogens with zero attached hydrogens (tertiary/aromatic N) is 1. The highest BCUT2D eigenvalue weighted by Gasteiger charge is 2.18. The van der Waals surface area contributed by atoms with Gasteiger partial charge in [-0.05, 0) is 31.9 Å². The zero-order chi connectivity index (χ0) is 20.0. The highest BCUT2D eigenvalue weighted by Crippen LogP contribution is 2.32. The molecular formula is C18H23N3O5S2. The second-order valence-electron chi connectivity index (χ2n) is 6.34. The number of nitrogens with one attached hydrogen (secondary N) is 2. The highest BCUT2D eigenvalue weighted by molar-refractivity contribution is 7.89. The number of carbonyl (C=O) groups is 1. The molecule has 1 aliphatic rings. The van der Waals surface area contributed by atoms with Gasteiger partial charge in [-0.3, -0.25) is 4.79 Å². The van der Waals surface area contributed by atoms with Crippen LogP contribution < -0.4 is 19.5 Å². The van der Waals surface area contributed by atoms with E-state index in [0.717, 1.165) is 11.3 Å². The van der Waals surface area contributed by atoms with E-state index >= 15 is 0 Å². The summed E-state index contributed by atoms with van der Waals surface area (Å²) >= 11 is 1.44. The lowest BCUT2D eigenvalue weighted by atomic mass is 10.2. The lowest BCUT2D eigenvalue weighted by Crippen LogP contribution is -2.25. The standard InChI is InChI=1S/C18H23N3O5S2/c1-13-12-19-18(27-13)21-17(22)5-3-2-4-8-20-28(23,24)14-6-7-15-16(11-14)26-10-9-25-15/h6-7,11-12,20H,2-5,8-10H2,1H3,(H,19,21,22). The van der Waals surface area contributed by atoms with Crippen LogP contribution in [0.25, 0.3) is 0 Å². The van der Waals surface area contributed by atoms with E-state index in [9.17, 15) is 13.2 Å². The summed E-state index contributed by atoms with van der Waals surface area (Å²) in [5, 5.41) is 3.37. The number of ether oxygens (including phenoxy) is 2. The van der Waals surface area contributed by atoms with Gasteiger partial charge in [0, 0.05) is 30.1 Å². The lowest BCUT2D eigenvalue weighted by molar-refractivity contribution is -0.116. The Morgan fingerprint density at radius 1 is 1.18 bits per heavy atom. The Kier molecular flexibility index (Phi) is 6.87. The molecule has 0 fully saturated rings. The molecule has 0 saturated carbocycles. The topological polar surface area (TPSA) is 107 Å². The summed E-state index contributed by atoms with van der Waals surface area (Å²) < 4.78 is 38.2. The molecule has 0 saturated heterocycles. The maximum absolute atomic E-state index is 12.4. The molecule has 2 heterocycles. The fraction of sp³-hybridized carbons (Fsp3) is 0.444. The summed E-state index contributed by atoms with van der Waals surface area (Å²) in [5.74, 6) is 0.915. The van der Waals surface area contributed by atoms with Crippen LogP contribution in [0.15, 0.2) is 29.3 Å². The Morgan fingerprint density at radius 2 is 1.96 bits per heavy atom. The average Bonchev–Trinajstić information content (AvgIpc) is 3.08. The predicted molar refractivity (Wildman–Crippen MR) is 107 cm³/mol. The van der Waals surface area contributed by atoms with E-state index in [0.29, 0.717) is 55.7 Å². The number of aromatic nitrogens is 1. The Balaban J connectivity index is 1.37. The first-order valence-electron chi connectivity index (χ1n) is 9.06. The third kappa shape index (κ3) is 5.66. The SMILES string of the molecule is Cc1cnc(NC(=O)CCCCCNS(=O)(=O)c2ccc3c(c2)OCCO3)s1. The van der Waals surface area contributed by atoms with E-state index in [-0.39, 0.29) is 10.8 Å². The molecule has 1 aliphatic heterocycles. The first kappa shape index (κ1) is 20.6. The average molecular weight is 426 g/mol. The van der Waals surface area contributed by atoms with Gasteiger partial charge >= 0.3 is 0 Å². The van der Waals surface area contributed by atoms with Crippen LogP contribution in [0, 0.1) is 6.92 Å². The normalized spacial score (nSPS) is 13.3. The Labute approximate surface area is 168 Å². The Bertz CT molecular complexity index is 927. The van der Waals surface area contributed by atoms with Crippen molar-refractivity contribution in [1.29, 1.82) is 0 Å². The van der Waals surface area contributed by atoms with Crippen molar-refractivity contribution in [3.63, 3.8) is 0 Å². The monoisotopic (exact) mass is 425 g/mol. The molecule has 28 heavy (non-hydrogen) atoms. The molecule has 0 atom stereocenters. The number of anilines is 1. The van der Waals surface area contributed by atoms with Crippen LogP contribution in [-0.4, -0.2) is 39.1 Å². The molecule has 0 radical (unpaired) electrons. The second-order valence-corrected chi connectivity index (χ2v) is 9.34. The number of benzene rings is 1. The predicted octanol–water partition coefficient (Wildman–Crippen LogP) is 2.70. The molecule has 10 heteroatoms. The largest absolute Gasteiger partial charge is 0.486 e. The molecule has 1 aromatic carbocycles. The molecule has 2 aromatic rings. The van der Waals surface area contributed by atoms with Crippen molar-refractivity contribution >= 4 is 32.4 Å². The van der Waals surface area contributed by atoms with Crippen molar-refractivity contribution in [3.05, 3.63) is 29.3 Å². The highest BCUT2D eigenvalue weighted by atomic mass is 32.2. The number of carbonyl (C=O) groups excluding carboxylic acids is 1. The van der Waals surface area contributed by atoms with Crippen molar-refractivity contribution in [2.45, 2.75) is 37.5 Å². The van der Waals surface area contributed by atoms with Crippen LogP contribution in [0.2, 0.25) is 0 Å². The first-order chi connectivity index (χ1) is 13.4. The second kappa shape index (κ2) is 9.35. The van der Waals surface area contributed by atoms with Crippen molar-refractivity contribution < 1.29 is 22.7 Å². The molecule has 0 bridgehead atoms. The van der Waals surface area contributed by atoms with Gasteiger partial charge in [0.15, 0.2) is 16.6 Å². The Morgan fingerprint density at radius 3 is 2.71 bits per heavy atom. The van der Waals surface area contributed by atoms with E-state index in [1.54, 1.807) is 12.3 Å². The van der Waals surface area contributed by atoms with Crippen molar-refractivity contribution in [3.8, 4) is 11.5 Å². The van der Waals surface area contributed by atoms with Gasteiger partial charge in [-0.25, -0.2) is 18.1 Å². The number of aryl methyl sites for hydroxylation is 1. The number of rotatable bonds is 9. The number of unbranched alkanes of at least 4 members (excludes halogenated alkanes) is 2. The summed E-state index contributed by atoms with van der Waals surface area (Å²) in [6, 6.07) is 4.58. The van der Waals surface area contributed by atoms with E-state index in [4.69, 9.17) is 9.47 Å². The zero-order valence-electron chi connectivity index (χ0n) is 15.6. The molecule has 1 aromatic heterocycles. The van der Waals surface area contributed by atoms with Crippen molar-refractivity contribution in [2.24, 2.45) is 0 Å². The molecular weight excluding hydrogens is 402 g/mol. The fourth-order valence-electron chi connectivity index (χ4n) is 2.66. The molecule has 2 N–H and O–H groups in total. The van der Waals surface area contributed by atoms with Crippen LogP contribution in [0.1, 0.15) is 30.6 Å². The quantitative estimate of drug-likeness (QED) is 0.598. The minimum Gasteiger partial charge on any atom is -0.486 e. The maximum atomic E-state index is 12.4. The van der Waals surface area contributed by atoms with Gasteiger partial charge in [-0.2, -0.15) is 0 Å². The van der Waals surface area contributed by atoms with E-state index in [2.05, 4.69) is 15.0 Å². The molecule has 0 unspecified atom stereocenters. The smallest absolute Gasteiger partial charge is 0.240 e. The summed E-state index contributed by atoms with van der Waals surface area (Å²) in [6.07, 6.45) is 4.17. The van der Waals surface area contributed by atoms with Gasteiger partial charge in [0.1, 0.15) is 13.2 Å². The lowest BCUT2D eigenvalue weighted by Gasteiger charge is -2.18. The van der Waals surface area contributed by atoms with E-state index in [1.807, 2.05) is 6.92 Å². The van der Waals surface area contributed by atoms with E-state index < -0.39 is 10.0 Å². The van der Waals surface area contributed by atoms with Gasteiger partial charge in [-0.15, -0.1) is 11.3 Å². The summed E-state index contributed by atoms with van der Waals surface area (Å²) in [6.45, 7) is 3.10. The van der Waals surface area contributed by atoms with E-state index in [1.165, 1.54) is 23.5 Å². The van der Waals surface area contributed by atoms with Crippen molar-refractivity contribution in [2.75, 3.05) is 25.1 Å². The van der Waals surface area contributed by atoms with Crippen LogP contribution in [0.3, 0.4) is 0 Å². The van der Waals surface area contributed by atoms with Crippen LogP contribution >= 0.6 is 11.3 Å². The zero-order valence-corrected chi connectivity index (χ0v) is 17.2. The van der Waals surface area contributed by atoms with Crippen LogP contribution in [0.5, 0.6) is 11.5 Å². The van der Waals surface area contributed by atoms with Gasteiger partial charge in [0.2, 0.25) is 15.9 Å². The third-order valence-electron chi connectivity index (χ3n) is 4.06. The van der Waals surface area contributed by atoms with Gasteiger partial charge in [0.25, 0.3) is 0 Å². The molecule has 0 aliphatic carbocycles. The van der Waals surface area contributed by atoms with Gasteiger partial charge in [0.05, 0.1) is 4.90 Å². The Hall–Kier alpha value is -2.17. The minimum absolute atomic E-state index is 0.0776. The molecule has 8 nitrogen and oxygen atoms in total. The van der Waals surface area contributed by atoms with Crippen LogP contribution in [0.4, 0.5) is 5.13 Å². The third-order valence-corrected chi connectivity index (χ3v) is 6.35. The molecule has 3 rings (SSSR count). The molecule has 152 valence electrons. The molecule has 1 amide bonds. The minimum atomic E-state index is -3.61. The number of hydrogen-bond acceptors (Lipinski definition) is 7. The number of fused-ring (bicyclic) bond motifs is 1. The maximum Gasteiger partial charge on any atom is 0.240 e. The summed E-state index contributed by atoms with van der Waals surface area (Å²) in [7, 11) is -3.61. The summed E-state index contributed by atoms with van der Waals surface area (Å²) in [4.78, 5) is 17.1. The number of amides is 1. The number of sulfonamides is 1. The van der Waals surface area contributed by atoms with Crippen molar-refractivity contribution in [1.82, 2.24) is 9.71 Å². The first-order valence-corrected chi connectivity index (χ1v) is 11.4. The van der Waals surface area contributed by atoms with Gasteiger partial charge < -0.3 is 14.8 Å². The van der Waals surface area contributed by atoms with Gasteiger partial charge in [-0.1, -0.05) is 6.42 Å². The fourth-order valence-corrected chi connectivity index (χ4v) is 4.43. The van der Waals surface area contributed by atoms with Crippen LogP contribution in [-0.2, 0) is 14.8 Å². The number of thiazole rings is 1. The molecule has 0 spiro atoms.